The normalized spacial score (nSPS) is 12.2. The van der Waals surface area contributed by atoms with E-state index in [1.54, 1.807) is 12.1 Å². The van der Waals surface area contributed by atoms with E-state index in [0.717, 1.165) is 17.1 Å². The summed E-state index contributed by atoms with van der Waals surface area (Å²) in [4.78, 5) is 11.9. The predicted octanol–water partition coefficient (Wildman–Crippen LogP) is 4.19. The van der Waals surface area contributed by atoms with Crippen molar-refractivity contribution in [1.29, 1.82) is 0 Å². The van der Waals surface area contributed by atoms with Gasteiger partial charge in [-0.15, -0.1) is 0 Å². The molecule has 1 N–H and O–H groups in total. The van der Waals surface area contributed by atoms with Gasteiger partial charge in [-0.05, 0) is 36.2 Å². The van der Waals surface area contributed by atoms with E-state index in [0.29, 0.717) is 41.5 Å². The summed E-state index contributed by atoms with van der Waals surface area (Å²) in [6, 6.07) is 10.4. The summed E-state index contributed by atoms with van der Waals surface area (Å²) in [6.07, 6.45) is 1.05. The minimum absolute atomic E-state index is 0.00723. The molecule has 0 spiro atoms. The van der Waals surface area contributed by atoms with Crippen LogP contribution in [0.3, 0.4) is 0 Å². The van der Waals surface area contributed by atoms with Crippen molar-refractivity contribution in [1.82, 2.24) is 5.32 Å². The molecule has 0 atom stereocenters. The summed E-state index contributed by atoms with van der Waals surface area (Å²) >= 11 is 7.52. The second-order valence-electron chi connectivity index (χ2n) is 5.79. The lowest BCUT2D eigenvalue weighted by Crippen LogP contribution is -2.25. The number of hydrogen-bond acceptors (Lipinski definition) is 4. The van der Waals surface area contributed by atoms with Crippen LogP contribution in [-0.2, 0) is 17.0 Å². The Labute approximate surface area is 161 Å². The maximum Gasteiger partial charge on any atom is 0.231 e. The third-order valence-corrected chi connectivity index (χ3v) is 5.29. The van der Waals surface area contributed by atoms with Crippen molar-refractivity contribution in [3.63, 3.8) is 0 Å². The third-order valence-electron chi connectivity index (χ3n) is 3.95. The molecular weight excluding hydrogens is 377 g/mol. The minimum Gasteiger partial charge on any atom is -0.454 e. The van der Waals surface area contributed by atoms with Crippen molar-refractivity contribution in [3.8, 4) is 11.5 Å². The molecule has 1 heterocycles. The van der Waals surface area contributed by atoms with Gasteiger partial charge >= 0.3 is 0 Å². The summed E-state index contributed by atoms with van der Waals surface area (Å²) in [6.45, 7) is 0.783. The fourth-order valence-corrected chi connectivity index (χ4v) is 3.75. The maximum absolute atomic E-state index is 13.6. The highest BCUT2D eigenvalue weighted by Gasteiger charge is 2.13. The molecule has 0 bridgehead atoms. The summed E-state index contributed by atoms with van der Waals surface area (Å²) in [5, 5.41) is 3.31. The maximum atomic E-state index is 13.6. The van der Waals surface area contributed by atoms with Crippen LogP contribution in [0, 0.1) is 5.82 Å². The number of hydrogen-bond donors (Lipinski definition) is 1. The van der Waals surface area contributed by atoms with E-state index in [1.165, 1.54) is 17.8 Å². The monoisotopic (exact) mass is 395 g/mol. The molecule has 2 aromatic carbocycles. The Morgan fingerprint density at radius 1 is 1.23 bits per heavy atom. The smallest absolute Gasteiger partial charge is 0.231 e. The molecule has 0 saturated heterocycles. The number of ether oxygens (including phenoxy) is 2. The van der Waals surface area contributed by atoms with Gasteiger partial charge in [0.15, 0.2) is 11.5 Å². The molecular formula is C19H19ClFNO3S. The number of fused-ring (bicyclic) bond motifs is 1. The second-order valence-corrected chi connectivity index (χ2v) is 7.30. The van der Waals surface area contributed by atoms with Crippen LogP contribution in [0.1, 0.15) is 17.5 Å². The summed E-state index contributed by atoms with van der Waals surface area (Å²) in [7, 11) is 0. The highest BCUT2D eigenvalue weighted by Crippen LogP contribution is 2.32. The van der Waals surface area contributed by atoms with Gasteiger partial charge in [0, 0.05) is 35.1 Å². The van der Waals surface area contributed by atoms with Crippen molar-refractivity contribution in [3.05, 3.63) is 58.4 Å². The van der Waals surface area contributed by atoms with Gasteiger partial charge in [-0.25, -0.2) is 4.39 Å². The Kier molecular flexibility index (Phi) is 6.63. The molecule has 0 fully saturated rings. The van der Waals surface area contributed by atoms with E-state index in [-0.39, 0.29) is 18.5 Å². The Morgan fingerprint density at radius 2 is 2.08 bits per heavy atom. The molecule has 1 amide bonds. The van der Waals surface area contributed by atoms with Crippen LogP contribution in [0.2, 0.25) is 5.02 Å². The fourth-order valence-electron chi connectivity index (χ4n) is 2.55. The molecule has 0 unspecified atom stereocenters. The predicted molar refractivity (Wildman–Crippen MR) is 101 cm³/mol. The summed E-state index contributed by atoms with van der Waals surface area (Å²) in [5.41, 5.74) is 1.54. The van der Waals surface area contributed by atoms with Crippen LogP contribution in [0.25, 0.3) is 0 Å². The number of thioether (sulfide) groups is 1. The highest BCUT2D eigenvalue weighted by molar-refractivity contribution is 7.98. The first kappa shape index (κ1) is 18.9. The number of halogens is 2. The van der Waals surface area contributed by atoms with Crippen LogP contribution in [-0.4, -0.2) is 25.0 Å². The fraction of sp³-hybridized carbons (Fsp3) is 0.316. The average Bonchev–Trinajstić information content (AvgIpc) is 3.09. The third kappa shape index (κ3) is 5.05. The number of amides is 1. The Balaban J connectivity index is 1.33. The molecule has 138 valence electrons. The van der Waals surface area contributed by atoms with Crippen LogP contribution in [0.15, 0.2) is 36.4 Å². The van der Waals surface area contributed by atoms with E-state index in [9.17, 15) is 9.18 Å². The first-order chi connectivity index (χ1) is 12.6. The number of aryl methyl sites for hydroxylation is 1. The Bertz CT molecular complexity index is 767. The van der Waals surface area contributed by atoms with Gasteiger partial charge < -0.3 is 14.8 Å². The van der Waals surface area contributed by atoms with Crippen molar-refractivity contribution in [2.75, 3.05) is 19.1 Å². The standard InChI is InChI=1S/C19H19ClFNO3S/c20-15-2-1-3-16(21)14(15)11-26-9-8-22-19(23)7-5-13-4-6-17-18(10-13)25-12-24-17/h1-4,6,10H,5,7-9,11-12H2,(H,22,23). The SMILES string of the molecule is O=C(CCc1ccc2c(c1)OCO2)NCCSCc1c(F)cccc1Cl. The molecule has 0 aliphatic carbocycles. The lowest BCUT2D eigenvalue weighted by molar-refractivity contribution is -0.120. The Morgan fingerprint density at radius 3 is 2.92 bits per heavy atom. The van der Waals surface area contributed by atoms with Gasteiger partial charge in [0.2, 0.25) is 12.7 Å². The number of benzene rings is 2. The van der Waals surface area contributed by atoms with Crippen molar-refractivity contribution in [2.24, 2.45) is 0 Å². The highest BCUT2D eigenvalue weighted by atomic mass is 35.5. The zero-order valence-electron chi connectivity index (χ0n) is 14.1. The first-order valence-electron chi connectivity index (χ1n) is 8.29. The summed E-state index contributed by atoms with van der Waals surface area (Å²) in [5.74, 6) is 2.35. The zero-order chi connectivity index (χ0) is 18.4. The van der Waals surface area contributed by atoms with Crippen LogP contribution < -0.4 is 14.8 Å². The van der Waals surface area contributed by atoms with Crippen molar-refractivity contribution >= 4 is 29.3 Å². The number of carbonyl (C=O) groups excluding carboxylic acids is 1. The molecule has 2 aromatic rings. The number of nitrogens with one attached hydrogen (secondary N) is 1. The quantitative estimate of drug-likeness (QED) is 0.681. The molecule has 7 heteroatoms. The molecule has 0 saturated carbocycles. The summed E-state index contributed by atoms with van der Waals surface area (Å²) < 4.78 is 24.2. The molecule has 0 radical (unpaired) electrons. The molecule has 3 rings (SSSR count). The minimum atomic E-state index is -0.294. The van der Waals surface area contributed by atoms with Gasteiger partial charge in [0.25, 0.3) is 0 Å². The van der Waals surface area contributed by atoms with Gasteiger partial charge in [0.1, 0.15) is 5.82 Å². The van der Waals surface area contributed by atoms with E-state index in [2.05, 4.69) is 5.32 Å². The lowest BCUT2D eigenvalue weighted by Gasteiger charge is -2.07. The zero-order valence-corrected chi connectivity index (χ0v) is 15.7. The van der Waals surface area contributed by atoms with Crippen LogP contribution in [0.5, 0.6) is 11.5 Å². The van der Waals surface area contributed by atoms with Crippen LogP contribution >= 0.6 is 23.4 Å². The molecule has 1 aliphatic heterocycles. The van der Waals surface area contributed by atoms with Crippen LogP contribution in [0.4, 0.5) is 4.39 Å². The topological polar surface area (TPSA) is 47.6 Å². The van der Waals surface area contributed by atoms with E-state index < -0.39 is 0 Å². The molecule has 0 aromatic heterocycles. The van der Waals surface area contributed by atoms with E-state index in [1.807, 2.05) is 18.2 Å². The lowest BCUT2D eigenvalue weighted by atomic mass is 10.1. The molecule has 1 aliphatic rings. The van der Waals surface area contributed by atoms with Gasteiger partial charge in [-0.2, -0.15) is 11.8 Å². The van der Waals surface area contributed by atoms with Gasteiger partial charge in [0.05, 0.1) is 0 Å². The number of rotatable bonds is 8. The molecule has 26 heavy (non-hydrogen) atoms. The van der Waals surface area contributed by atoms with E-state index in [4.69, 9.17) is 21.1 Å². The average molecular weight is 396 g/mol. The number of carbonyl (C=O) groups is 1. The molecule has 4 nitrogen and oxygen atoms in total. The van der Waals surface area contributed by atoms with Gasteiger partial charge in [-0.3, -0.25) is 4.79 Å². The van der Waals surface area contributed by atoms with Crippen molar-refractivity contribution < 1.29 is 18.7 Å². The van der Waals surface area contributed by atoms with Crippen molar-refractivity contribution in [2.45, 2.75) is 18.6 Å². The second kappa shape index (κ2) is 9.14. The van der Waals surface area contributed by atoms with Gasteiger partial charge in [-0.1, -0.05) is 23.7 Å². The van der Waals surface area contributed by atoms with E-state index >= 15 is 0 Å². The first-order valence-corrected chi connectivity index (χ1v) is 9.82. The Hall–Kier alpha value is -1.92. The largest absolute Gasteiger partial charge is 0.454 e.